The second kappa shape index (κ2) is 5.90. The average molecular weight is 290 g/mol. The van der Waals surface area contributed by atoms with Crippen LogP contribution in [0, 0.1) is 5.82 Å². The molecule has 1 aliphatic rings. The number of hydrogen-bond acceptors (Lipinski definition) is 5. The van der Waals surface area contributed by atoms with E-state index in [1.54, 1.807) is 11.0 Å². The van der Waals surface area contributed by atoms with Crippen LogP contribution >= 0.6 is 0 Å². The molecule has 1 amide bonds. The summed E-state index contributed by atoms with van der Waals surface area (Å²) in [5, 5.41) is 3.16. The molecule has 0 spiro atoms. The molecule has 1 N–H and O–H groups in total. The molecule has 0 bridgehead atoms. The van der Waals surface area contributed by atoms with Crippen LogP contribution in [-0.2, 0) is 0 Å². The highest BCUT2D eigenvalue weighted by Crippen LogP contribution is 2.16. The zero-order chi connectivity index (χ0) is 14.7. The lowest BCUT2D eigenvalue weighted by Gasteiger charge is -2.32. The van der Waals surface area contributed by atoms with E-state index >= 15 is 0 Å². The fourth-order valence-corrected chi connectivity index (χ4v) is 2.37. The number of amides is 1. The highest BCUT2D eigenvalue weighted by molar-refractivity contribution is 5.93. The van der Waals surface area contributed by atoms with Gasteiger partial charge in [-0.05, 0) is 18.9 Å². The second-order valence-corrected chi connectivity index (χ2v) is 4.95. The maximum atomic E-state index is 12.7. The number of halogens is 1. The van der Waals surface area contributed by atoms with Crippen molar-refractivity contribution in [3.8, 4) is 0 Å². The van der Waals surface area contributed by atoms with E-state index in [9.17, 15) is 9.18 Å². The number of furan rings is 1. The van der Waals surface area contributed by atoms with Crippen molar-refractivity contribution in [3.63, 3.8) is 0 Å². The maximum Gasteiger partial charge on any atom is 0.257 e. The van der Waals surface area contributed by atoms with Gasteiger partial charge in [0, 0.05) is 19.1 Å². The van der Waals surface area contributed by atoms with Crippen molar-refractivity contribution in [2.45, 2.75) is 18.9 Å². The first-order valence-corrected chi connectivity index (χ1v) is 6.78. The van der Waals surface area contributed by atoms with Gasteiger partial charge in [-0.2, -0.15) is 0 Å². The van der Waals surface area contributed by atoms with Gasteiger partial charge in [0.1, 0.15) is 6.26 Å². The third kappa shape index (κ3) is 3.18. The molecule has 21 heavy (non-hydrogen) atoms. The Balaban J connectivity index is 1.53. The van der Waals surface area contributed by atoms with E-state index in [-0.39, 0.29) is 11.9 Å². The van der Waals surface area contributed by atoms with Crippen molar-refractivity contribution in [2.75, 3.05) is 18.4 Å². The Labute approximate surface area is 121 Å². The van der Waals surface area contributed by atoms with Crippen molar-refractivity contribution in [1.29, 1.82) is 0 Å². The van der Waals surface area contributed by atoms with Gasteiger partial charge >= 0.3 is 0 Å². The van der Waals surface area contributed by atoms with Gasteiger partial charge in [0.05, 0.1) is 24.2 Å². The number of likely N-dealkylation sites (tertiary alicyclic amines) is 1. The molecule has 0 atom stereocenters. The van der Waals surface area contributed by atoms with Gasteiger partial charge in [-0.3, -0.25) is 4.79 Å². The molecule has 2 aromatic heterocycles. The number of hydrogen-bond donors (Lipinski definition) is 1. The van der Waals surface area contributed by atoms with Gasteiger partial charge in [0.15, 0.2) is 5.82 Å². The summed E-state index contributed by atoms with van der Waals surface area (Å²) < 4.78 is 17.7. The van der Waals surface area contributed by atoms with Gasteiger partial charge in [-0.1, -0.05) is 0 Å². The Bertz CT molecular complexity index is 592. The molecule has 7 heteroatoms. The minimum atomic E-state index is -0.457. The van der Waals surface area contributed by atoms with Crippen molar-refractivity contribution in [1.82, 2.24) is 14.9 Å². The summed E-state index contributed by atoms with van der Waals surface area (Å²) in [5.41, 5.74) is 0.572. The van der Waals surface area contributed by atoms with Gasteiger partial charge < -0.3 is 14.6 Å². The molecule has 0 unspecified atom stereocenters. The molecule has 1 saturated heterocycles. The first kappa shape index (κ1) is 13.5. The van der Waals surface area contributed by atoms with E-state index < -0.39 is 5.82 Å². The molecule has 6 nitrogen and oxygen atoms in total. The molecule has 3 rings (SSSR count). The monoisotopic (exact) mass is 290 g/mol. The Morgan fingerprint density at radius 3 is 2.67 bits per heavy atom. The number of anilines is 1. The number of carbonyl (C=O) groups excluding carboxylic acids is 1. The second-order valence-electron chi connectivity index (χ2n) is 4.95. The Morgan fingerprint density at radius 1 is 1.33 bits per heavy atom. The van der Waals surface area contributed by atoms with E-state index in [2.05, 4.69) is 15.3 Å². The normalized spacial score (nSPS) is 16.0. The van der Waals surface area contributed by atoms with Crippen molar-refractivity contribution < 1.29 is 13.6 Å². The molecular weight excluding hydrogens is 275 g/mol. The van der Waals surface area contributed by atoms with E-state index in [0.717, 1.165) is 25.2 Å². The lowest BCUT2D eigenvalue weighted by molar-refractivity contribution is 0.0717. The molecule has 0 radical (unpaired) electrons. The summed E-state index contributed by atoms with van der Waals surface area (Å²) in [4.78, 5) is 21.7. The molecule has 0 aromatic carbocycles. The lowest BCUT2D eigenvalue weighted by Crippen LogP contribution is -2.42. The van der Waals surface area contributed by atoms with E-state index in [0.29, 0.717) is 24.6 Å². The quantitative estimate of drug-likeness (QED) is 0.935. The summed E-state index contributed by atoms with van der Waals surface area (Å²) in [6, 6.07) is 1.85. The average Bonchev–Trinajstić information content (AvgIpc) is 3.04. The molecule has 1 fully saturated rings. The molecule has 0 aliphatic carbocycles. The van der Waals surface area contributed by atoms with Crippen LogP contribution in [0.25, 0.3) is 0 Å². The van der Waals surface area contributed by atoms with Crippen LogP contribution in [0.2, 0.25) is 0 Å². The highest BCUT2D eigenvalue weighted by atomic mass is 19.1. The number of rotatable bonds is 3. The topological polar surface area (TPSA) is 71.3 Å². The fraction of sp³-hybridized carbons (Fsp3) is 0.357. The molecule has 110 valence electrons. The maximum absolute atomic E-state index is 12.7. The SMILES string of the molecule is O=C(c1ccoc1)N1CCC(Nc2ncc(F)cn2)CC1. The van der Waals surface area contributed by atoms with Crippen LogP contribution in [-0.4, -0.2) is 39.9 Å². The fourth-order valence-electron chi connectivity index (χ4n) is 2.37. The number of nitrogens with zero attached hydrogens (tertiary/aromatic N) is 3. The first-order valence-electron chi connectivity index (χ1n) is 6.78. The number of piperidine rings is 1. The molecular formula is C14H15FN4O2. The number of aromatic nitrogens is 2. The summed E-state index contributed by atoms with van der Waals surface area (Å²) in [5.74, 6) is -0.0580. The van der Waals surface area contributed by atoms with Crippen molar-refractivity contribution in [3.05, 3.63) is 42.4 Å². The third-order valence-electron chi connectivity index (χ3n) is 3.50. The van der Waals surface area contributed by atoms with Crippen LogP contribution in [0.4, 0.5) is 10.3 Å². The Morgan fingerprint density at radius 2 is 2.05 bits per heavy atom. The summed E-state index contributed by atoms with van der Waals surface area (Å²) in [7, 11) is 0. The van der Waals surface area contributed by atoms with Gasteiger partial charge in [-0.15, -0.1) is 0 Å². The zero-order valence-electron chi connectivity index (χ0n) is 11.3. The molecule has 1 aliphatic heterocycles. The van der Waals surface area contributed by atoms with Gasteiger partial charge in [-0.25, -0.2) is 14.4 Å². The summed E-state index contributed by atoms with van der Waals surface area (Å²) in [6.07, 6.45) is 6.81. The van der Waals surface area contributed by atoms with Crippen molar-refractivity contribution >= 4 is 11.9 Å². The van der Waals surface area contributed by atoms with Crippen molar-refractivity contribution in [2.24, 2.45) is 0 Å². The Hall–Kier alpha value is -2.44. The van der Waals surface area contributed by atoms with Gasteiger partial charge in [0.25, 0.3) is 5.91 Å². The highest BCUT2D eigenvalue weighted by Gasteiger charge is 2.24. The van der Waals surface area contributed by atoms with Crippen LogP contribution in [0.3, 0.4) is 0 Å². The van der Waals surface area contributed by atoms with Crippen LogP contribution in [0.15, 0.2) is 35.4 Å². The molecule has 2 aromatic rings. The summed E-state index contributed by atoms with van der Waals surface area (Å²) in [6.45, 7) is 1.31. The zero-order valence-corrected chi connectivity index (χ0v) is 11.3. The third-order valence-corrected chi connectivity index (χ3v) is 3.50. The summed E-state index contributed by atoms with van der Waals surface area (Å²) >= 11 is 0. The van der Waals surface area contributed by atoms with E-state index in [4.69, 9.17) is 4.42 Å². The molecule has 3 heterocycles. The smallest absolute Gasteiger partial charge is 0.257 e. The van der Waals surface area contributed by atoms with Crippen LogP contribution < -0.4 is 5.32 Å². The first-order chi connectivity index (χ1) is 10.2. The van der Waals surface area contributed by atoms with Crippen LogP contribution in [0.1, 0.15) is 23.2 Å². The molecule has 0 saturated carbocycles. The lowest BCUT2D eigenvalue weighted by atomic mass is 10.0. The number of nitrogens with one attached hydrogen (secondary N) is 1. The standard InChI is InChI=1S/C14H15FN4O2/c15-11-7-16-14(17-8-11)18-12-1-4-19(5-2-12)13(20)10-3-6-21-9-10/h3,6-9,12H,1-2,4-5H2,(H,16,17,18). The predicted molar refractivity (Wildman–Crippen MR) is 73.2 cm³/mol. The number of carbonyl (C=O) groups is 1. The Kier molecular flexibility index (Phi) is 3.81. The predicted octanol–water partition coefficient (Wildman–Crippen LogP) is 1.93. The minimum Gasteiger partial charge on any atom is -0.472 e. The van der Waals surface area contributed by atoms with E-state index in [1.165, 1.54) is 12.5 Å². The van der Waals surface area contributed by atoms with Crippen LogP contribution in [0.5, 0.6) is 0 Å². The minimum absolute atomic E-state index is 0.0137. The van der Waals surface area contributed by atoms with E-state index in [1.807, 2.05) is 0 Å². The largest absolute Gasteiger partial charge is 0.472 e. The van der Waals surface area contributed by atoms with Gasteiger partial charge in [0.2, 0.25) is 5.95 Å².